The second-order valence-electron chi connectivity index (χ2n) is 18.1. The van der Waals surface area contributed by atoms with Crippen molar-refractivity contribution in [2.45, 2.75) is 103 Å². The molecule has 1 amide bonds. The normalized spacial score (nSPS) is 14.5. The van der Waals surface area contributed by atoms with Gasteiger partial charge in [-0.1, -0.05) is 75.7 Å². The lowest BCUT2D eigenvalue weighted by Crippen LogP contribution is -2.41. The highest BCUT2D eigenvalue weighted by Gasteiger charge is 2.32. The summed E-state index contributed by atoms with van der Waals surface area (Å²) in [4.78, 5) is 27.4. The summed E-state index contributed by atoms with van der Waals surface area (Å²) in [6.07, 6.45) is 8.72. The summed E-state index contributed by atoms with van der Waals surface area (Å²) in [5.41, 5.74) is 5.75. The number of anilines is 1. The summed E-state index contributed by atoms with van der Waals surface area (Å²) in [5, 5.41) is 5.02. The van der Waals surface area contributed by atoms with E-state index in [9.17, 15) is 4.79 Å². The maximum absolute atomic E-state index is 13.1. The van der Waals surface area contributed by atoms with Crippen LogP contribution < -0.4 is 4.90 Å². The van der Waals surface area contributed by atoms with Crippen LogP contribution in [0, 0.1) is 0 Å². The number of ether oxygens (including phenoxy) is 4. The number of piperidine rings is 1. The summed E-state index contributed by atoms with van der Waals surface area (Å²) in [6.45, 7) is 25.5. The molecule has 0 bridgehead atoms. The minimum atomic E-state index is -1.32. The first-order valence-electron chi connectivity index (χ1n) is 20.1. The van der Waals surface area contributed by atoms with Crippen LogP contribution in [0.4, 0.5) is 10.6 Å². The number of carbonyl (C=O) groups excluding carboxylic acids is 1. The van der Waals surface area contributed by atoms with E-state index in [2.05, 4.69) is 62.4 Å². The number of rotatable bonds is 17. The van der Waals surface area contributed by atoms with Crippen LogP contribution in [0.25, 0.3) is 34.1 Å². The molecule has 5 rings (SSSR count). The molecule has 1 aliphatic heterocycles. The van der Waals surface area contributed by atoms with E-state index < -0.39 is 21.7 Å². The van der Waals surface area contributed by atoms with Gasteiger partial charge >= 0.3 is 6.09 Å². The Labute approximate surface area is 336 Å². The quantitative estimate of drug-likeness (QED) is 0.0447. The predicted octanol–water partition coefficient (Wildman–Crippen LogP) is 10.0. The van der Waals surface area contributed by atoms with E-state index in [4.69, 9.17) is 34.0 Å². The van der Waals surface area contributed by atoms with Crippen LogP contribution in [0.3, 0.4) is 0 Å². The molecule has 13 heteroatoms. The molecule has 0 atom stereocenters. The lowest BCUT2D eigenvalue weighted by atomic mass is 9.90. The Morgan fingerprint density at radius 1 is 0.893 bits per heavy atom. The van der Waals surface area contributed by atoms with Crippen LogP contribution in [0.5, 0.6) is 0 Å². The molecule has 4 heterocycles. The van der Waals surface area contributed by atoms with Crippen LogP contribution in [0.15, 0.2) is 61.1 Å². The molecule has 0 spiro atoms. The first-order chi connectivity index (χ1) is 26.5. The molecule has 1 aliphatic rings. The van der Waals surface area contributed by atoms with Crippen molar-refractivity contribution in [2.75, 3.05) is 51.3 Å². The van der Waals surface area contributed by atoms with Crippen LogP contribution in [-0.4, -0.2) is 98.7 Å². The number of fused-ring (bicyclic) bond motifs is 1. The van der Waals surface area contributed by atoms with Gasteiger partial charge in [0.2, 0.25) is 0 Å². The maximum Gasteiger partial charge on any atom is 0.410 e. The molecule has 4 aromatic rings. The lowest BCUT2D eigenvalue weighted by molar-refractivity contribution is 0.0204. The zero-order chi connectivity index (χ0) is 40.5. The Hall–Kier alpha value is -4.05. The van der Waals surface area contributed by atoms with E-state index in [1.54, 1.807) is 6.26 Å². The highest BCUT2D eigenvalue weighted by molar-refractivity contribution is 6.76. The molecule has 0 N–H and O–H groups in total. The van der Waals surface area contributed by atoms with Gasteiger partial charge in [-0.25, -0.2) is 9.78 Å². The molecule has 0 aliphatic carbocycles. The van der Waals surface area contributed by atoms with E-state index in [-0.39, 0.29) is 12.0 Å². The van der Waals surface area contributed by atoms with Gasteiger partial charge in [0.1, 0.15) is 24.9 Å². The fourth-order valence-electron chi connectivity index (χ4n) is 6.46. The molecule has 3 aromatic heterocycles. The van der Waals surface area contributed by atoms with Gasteiger partial charge in [-0.2, -0.15) is 9.61 Å². The predicted molar refractivity (Wildman–Crippen MR) is 233 cm³/mol. The lowest BCUT2D eigenvalue weighted by Gasteiger charge is -2.34. The summed E-state index contributed by atoms with van der Waals surface area (Å²) < 4.78 is 26.4. The highest BCUT2D eigenvalue weighted by atomic mass is 28.3. The molecule has 11 nitrogen and oxygen atoms in total. The maximum atomic E-state index is 13.1. The van der Waals surface area contributed by atoms with E-state index in [0.29, 0.717) is 46.4 Å². The van der Waals surface area contributed by atoms with Crippen LogP contribution in [-0.2, 0) is 18.9 Å². The third-order valence-electron chi connectivity index (χ3n) is 9.65. The SMILES string of the molecule is CCOC=Cc1c(C2CCN(C(=O)OC(C)(C)C)CC2)nc2c(-c3ccc(-c4ccccc4)nc3)cnn2c1N(COCC[Si](C)(C)C)COCC[Si](C)(C)C. The van der Waals surface area contributed by atoms with Gasteiger partial charge in [-0.3, -0.25) is 4.98 Å². The van der Waals surface area contributed by atoms with Crippen molar-refractivity contribution in [3.8, 4) is 22.4 Å². The number of likely N-dealkylation sites (tertiary alicyclic amines) is 1. The number of aromatic nitrogens is 4. The molecule has 0 unspecified atom stereocenters. The molecule has 0 radical (unpaired) electrons. The standard InChI is InChI=1S/C43H64N6O5Si2/c1-11-51-24-21-36-39(34-19-22-47(23-20-34)42(50)54-43(2,3)4)46-40-37(35-17-18-38(44-29-35)33-15-13-12-14-16-33)30-45-49(40)41(36)48(31-52-25-27-55(5,6)7)32-53-26-28-56(8,9)10/h12-18,21,24,29-30,34H,11,19-20,22-23,25-28,31-32H2,1-10H3. The van der Waals surface area contributed by atoms with Gasteiger partial charge in [-0.15, -0.1) is 0 Å². The van der Waals surface area contributed by atoms with Crippen LogP contribution >= 0.6 is 0 Å². The number of pyridine rings is 1. The Kier molecular flexibility index (Phi) is 14.6. The van der Waals surface area contributed by atoms with Gasteiger partial charge < -0.3 is 28.7 Å². The fourth-order valence-corrected chi connectivity index (χ4v) is 7.97. The number of hydrogen-bond acceptors (Lipinski definition) is 9. The summed E-state index contributed by atoms with van der Waals surface area (Å²) in [5.74, 6) is 0.888. The Morgan fingerprint density at radius 2 is 1.54 bits per heavy atom. The van der Waals surface area contributed by atoms with Crippen molar-refractivity contribution in [3.63, 3.8) is 0 Å². The van der Waals surface area contributed by atoms with Crippen molar-refractivity contribution < 1.29 is 23.7 Å². The minimum absolute atomic E-state index is 0.0579. The summed E-state index contributed by atoms with van der Waals surface area (Å²) >= 11 is 0. The van der Waals surface area contributed by atoms with Crippen LogP contribution in [0.1, 0.15) is 57.7 Å². The number of carbonyl (C=O) groups is 1. The monoisotopic (exact) mass is 800 g/mol. The second kappa shape index (κ2) is 18.9. The number of benzene rings is 1. The molecule has 304 valence electrons. The smallest absolute Gasteiger partial charge is 0.410 e. The van der Waals surface area contributed by atoms with Crippen molar-refractivity contribution in [3.05, 3.63) is 72.4 Å². The number of nitrogens with zero attached hydrogens (tertiary/aromatic N) is 6. The molecule has 1 saturated heterocycles. The van der Waals surface area contributed by atoms with E-state index in [1.807, 2.05) is 79.8 Å². The van der Waals surface area contributed by atoms with Gasteiger partial charge in [-0.05, 0) is 64.8 Å². The van der Waals surface area contributed by atoms with E-state index >= 15 is 0 Å². The van der Waals surface area contributed by atoms with E-state index in [1.165, 1.54) is 0 Å². The molecular formula is C43H64N6O5Si2. The average molecular weight is 801 g/mol. The molecule has 1 fully saturated rings. The highest BCUT2D eigenvalue weighted by Crippen LogP contribution is 2.38. The third kappa shape index (κ3) is 12.2. The average Bonchev–Trinajstić information content (AvgIpc) is 3.57. The Balaban J connectivity index is 1.62. The Morgan fingerprint density at radius 3 is 2.09 bits per heavy atom. The molecule has 0 saturated carbocycles. The van der Waals surface area contributed by atoms with Crippen molar-refractivity contribution in [1.29, 1.82) is 0 Å². The third-order valence-corrected chi connectivity index (χ3v) is 13.1. The second-order valence-corrected chi connectivity index (χ2v) is 29.3. The van der Waals surface area contributed by atoms with Crippen molar-refractivity contribution in [1.82, 2.24) is 24.5 Å². The number of amides is 1. The van der Waals surface area contributed by atoms with Crippen LogP contribution in [0.2, 0.25) is 51.4 Å². The topological polar surface area (TPSA) is 104 Å². The van der Waals surface area contributed by atoms with Gasteiger partial charge in [0, 0.05) is 76.8 Å². The minimum Gasteiger partial charge on any atom is -0.501 e. The zero-order valence-electron chi connectivity index (χ0n) is 35.4. The first kappa shape index (κ1) is 43.1. The van der Waals surface area contributed by atoms with Gasteiger partial charge in [0.05, 0.1) is 30.5 Å². The zero-order valence-corrected chi connectivity index (χ0v) is 37.4. The van der Waals surface area contributed by atoms with Crippen molar-refractivity contribution in [2.24, 2.45) is 0 Å². The summed E-state index contributed by atoms with van der Waals surface area (Å²) in [6, 6.07) is 16.4. The number of hydrogen-bond donors (Lipinski definition) is 0. The molecule has 1 aromatic carbocycles. The largest absolute Gasteiger partial charge is 0.501 e. The van der Waals surface area contributed by atoms with E-state index in [0.717, 1.165) is 70.0 Å². The van der Waals surface area contributed by atoms with Gasteiger partial charge in [0.15, 0.2) is 5.65 Å². The first-order valence-corrected chi connectivity index (χ1v) is 27.5. The molecular weight excluding hydrogens is 737 g/mol. The molecule has 56 heavy (non-hydrogen) atoms. The fraction of sp³-hybridized carbons (Fsp3) is 0.535. The van der Waals surface area contributed by atoms with Gasteiger partial charge in [0.25, 0.3) is 0 Å². The summed E-state index contributed by atoms with van der Waals surface area (Å²) in [7, 11) is -2.65. The Bertz CT molecular complexity index is 1870. The van der Waals surface area contributed by atoms with Crippen molar-refractivity contribution >= 4 is 39.8 Å².